The van der Waals surface area contributed by atoms with Crippen molar-refractivity contribution in [3.05, 3.63) is 89.6 Å². The maximum Gasteiger partial charge on any atom is 0.261 e. The van der Waals surface area contributed by atoms with E-state index in [0.717, 1.165) is 22.9 Å². The molecule has 4 aromatic rings. The Labute approximate surface area is 198 Å². The fourth-order valence-electron chi connectivity index (χ4n) is 4.30. The van der Waals surface area contributed by atoms with Crippen molar-refractivity contribution in [2.24, 2.45) is 0 Å². The predicted octanol–water partition coefficient (Wildman–Crippen LogP) is 4.57. The molecular formula is C26H25N3O4S. The number of carbonyl (C=O) groups is 1. The molecule has 1 amide bonds. The molecule has 1 aromatic heterocycles. The van der Waals surface area contributed by atoms with Gasteiger partial charge in [0.15, 0.2) is 0 Å². The molecule has 3 aromatic carbocycles. The third-order valence-corrected chi connectivity index (χ3v) is 7.40. The van der Waals surface area contributed by atoms with Crippen molar-refractivity contribution in [2.75, 3.05) is 17.9 Å². The van der Waals surface area contributed by atoms with Crippen LogP contribution in [0.25, 0.3) is 10.9 Å². The van der Waals surface area contributed by atoms with Crippen LogP contribution in [-0.2, 0) is 23.0 Å². The van der Waals surface area contributed by atoms with Crippen LogP contribution in [0, 0.1) is 0 Å². The second-order valence-electron chi connectivity index (χ2n) is 8.19. The Balaban J connectivity index is 1.30. The van der Waals surface area contributed by atoms with Gasteiger partial charge in [-0.3, -0.25) is 9.52 Å². The number of para-hydroxylation sites is 1. The number of ether oxygens (including phenoxy) is 1. The summed E-state index contributed by atoms with van der Waals surface area (Å²) in [6, 6.07) is 20.9. The van der Waals surface area contributed by atoms with Crippen LogP contribution in [0.4, 0.5) is 5.69 Å². The number of anilines is 1. The van der Waals surface area contributed by atoms with Gasteiger partial charge in [-0.25, -0.2) is 8.42 Å². The van der Waals surface area contributed by atoms with E-state index in [-0.39, 0.29) is 10.8 Å². The normalized spacial score (nSPS) is 13.5. The molecule has 174 valence electrons. The highest BCUT2D eigenvalue weighted by Gasteiger charge is 2.25. The van der Waals surface area contributed by atoms with Gasteiger partial charge in [0.25, 0.3) is 15.9 Å². The molecule has 1 aliphatic rings. The number of amides is 1. The minimum Gasteiger partial charge on any atom is -0.494 e. The molecule has 0 bridgehead atoms. The molecule has 0 unspecified atom stereocenters. The van der Waals surface area contributed by atoms with E-state index in [1.54, 1.807) is 36.4 Å². The van der Waals surface area contributed by atoms with Gasteiger partial charge in [-0.05, 0) is 61.5 Å². The van der Waals surface area contributed by atoms with Crippen LogP contribution >= 0.6 is 0 Å². The van der Waals surface area contributed by atoms with Gasteiger partial charge in [0.2, 0.25) is 0 Å². The molecule has 0 radical (unpaired) electrons. The molecule has 2 N–H and O–H groups in total. The molecule has 1 aliphatic heterocycles. The van der Waals surface area contributed by atoms with Crippen molar-refractivity contribution in [1.29, 1.82) is 0 Å². The summed E-state index contributed by atoms with van der Waals surface area (Å²) < 4.78 is 33.5. The summed E-state index contributed by atoms with van der Waals surface area (Å²) in [5.74, 6) is 0.560. The summed E-state index contributed by atoms with van der Waals surface area (Å²) in [4.78, 5) is 18.5. The zero-order valence-electron chi connectivity index (χ0n) is 18.7. The van der Waals surface area contributed by atoms with Crippen LogP contribution in [0.1, 0.15) is 28.5 Å². The molecule has 0 spiro atoms. The van der Waals surface area contributed by atoms with Gasteiger partial charge in [0, 0.05) is 52.9 Å². The molecule has 0 fully saturated rings. The second-order valence-corrected chi connectivity index (χ2v) is 9.87. The van der Waals surface area contributed by atoms with E-state index >= 15 is 0 Å². The quantitative estimate of drug-likeness (QED) is 0.428. The van der Waals surface area contributed by atoms with Gasteiger partial charge in [0.1, 0.15) is 5.75 Å². The van der Waals surface area contributed by atoms with E-state index in [9.17, 15) is 13.2 Å². The summed E-state index contributed by atoms with van der Waals surface area (Å²) >= 11 is 0. The predicted molar refractivity (Wildman–Crippen MR) is 132 cm³/mol. The first-order chi connectivity index (χ1) is 16.4. The summed E-state index contributed by atoms with van der Waals surface area (Å²) in [6.07, 6.45) is 0.758. The van der Waals surface area contributed by atoms with Crippen molar-refractivity contribution < 1.29 is 17.9 Å². The fraction of sp³-hybridized carbons (Fsp3) is 0.192. The topological polar surface area (TPSA) is 91.5 Å². The molecular weight excluding hydrogens is 450 g/mol. The van der Waals surface area contributed by atoms with E-state index in [1.165, 1.54) is 17.8 Å². The highest BCUT2D eigenvalue weighted by molar-refractivity contribution is 7.92. The highest BCUT2D eigenvalue weighted by Crippen LogP contribution is 2.28. The Bertz CT molecular complexity index is 1440. The minimum absolute atomic E-state index is 0.0930. The third-order valence-electron chi connectivity index (χ3n) is 6.00. The van der Waals surface area contributed by atoms with Crippen molar-refractivity contribution in [1.82, 2.24) is 9.88 Å². The Morgan fingerprint density at radius 1 is 1.03 bits per heavy atom. The third kappa shape index (κ3) is 4.24. The van der Waals surface area contributed by atoms with Crippen LogP contribution in [0.3, 0.4) is 0 Å². The molecule has 0 aliphatic carbocycles. The number of fused-ring (bicyclic) bond motifs is 3. The molecule has 0 saturated carbocycles. The summed E-state index contributed by atoms with van der Waals surface area (Å²) in [5, 5.41) is 1.14. The molecule has 7 nitrogen and oxygen atoms in total. The lowest BCUT2D eigenvalue weighted by molar-refractivity contribution is 0.0735. The monoisotopic (exact) mass is 475 g/mol. The SMILES string of the molecule is CCOc1ccc(NS(=O)(=O)c2ccc(C(=O)N3CCc4[nH]c5ccccc5c4C3)cc2)cc1. The number of nitrogens with one attached hydrogen (secondary N) is 2. The van der Waals surface area contributed by atoms with Crippen molar-refractivity contribution >= 4 is 32.5 Å². The van der Waals surface area contributed by atoms with E-state index in [1.807, 2.05) is 30.0 Å². The summed E-state index contributed by atoms with van der Waals surface area (Å²) in [6.45, 7) is 3.56. The number of nitrogens with zero attached hydrogens (tertiary/aromatic N) is 1. The molecule has 5 rings (SSSR count). The van der Waals surface area contributed by atoms with Gasteiger partial charge >= 0.3 is 0 Å². The number of aromatic amines is 1. The van der Waals surface area contributed by atoms with Gasteiger partial charge in [-0.2, -0.15) is 0 Å². The smallest absolute Gasteiger partial charge is 0.261 e. The molecule has 2 heterocycles. The first kappa shape index (κ1) is 22.0. The van der Waals surface area contributed by atoms with Crippen LogP contribution in [0.15, 0.2) is 77.7 Å². The maximum atomic E-state index is 13.1. The number of hydrogen-bond acceptors (Lipinski definition) is 4. The zero-order valence-corrected chi connectivity index (χ0v) is 19.6. The number of aromatic nitrogens is 1. The lowest BCUT2D eigenvalue weighted by Gasteiger charge is -2.27. The maximum absolute atomic E-state index is 13.1. The van der Waals surface area contributed by atoms with E-state index in [4.69, 9.17) is 4.74 Å². The average molecular weight is 476 g/mol. The number of carbonyl (C=O) groups excluding carboxylic acids is 1. The Morgan fingerprint density at radius 2 is 1.76 bits per heavy atom. The fourth-order valence-corrected chi connectivity index (χ4v) is 5.36. The van der Waals surface area contributed by atoms with Crippen LogP contribution in [-0.4, -0.2) is 37.4 Å². The lowest BCUT2D eigenvalue weighted by Crippen LogP contribution is -2.35. The van der Waals surface area contributed by atoms with Crippen molar-refractivity contribution in [3.63, 3.8) is 0 Å². The minimum atomic E-state index is -3.78. The molecule has 0 atom stereocenters. The first-order valence-corrected chi connectivity index (χ1v) is 12.7. The molecule has 0 saturated heterocycles. The number of hydrogen-bond donors (Lipinski definition) is 2. The molecule has 8 heteroatoms. The number of rotatable bonds is 6. The Hall–Kier alpha value is -3.78. The van der Waals surface area contributed by atoms with Crippen LogP contribution in [0.5, 0.6) is 5.75 Å². The summed E-state index contributed by atoms with van der Waals surface area (Å²) in [7, 11) is -3.78. The Morgan fingerprint density at radius 3 is 2.50 bits per heavy atom. The van der Waals surface area contributed by atoms with Crippen LogP contribution in [0.2, 0.25) is 0 Å². The van der Waals surface area contributed by atoms with Crippen molar-refractivity contribution in [3.8, 4) is 5.75 Å². The standard InChI is InChI=1S/C26H25N3O4S/c1-2-33-20-11-9-19(10-12-20)28-34(31,32)21-13-7-18(8-14-21)26(30)29-16-15-25-23(17-29)22-5-3-4-6-24(22)27-25/h3-14,27-28H,2,15-17H2,1H3. The zero-order chi connectivity index (χ0) is 23.7. The van der Waals surface area contributed by atoms with Crippen molar-refractivity contribution in [2.45, 2.75) is 24.8 Å². The van der Waals surface area contributed by atoms with Gasteiger partial charge < -0.3 is 14.6 Å². The van der Waals surface area contributed by atoms with E-state index < -0.39 is 10.0 Å². The number of H-pyrrole nitrogens is 1. The second kappa shape index (κ2) is 8.87. The largest absolute Gasteiger partial charge is 0.494 e. The average Bonchev–Trinajstić information content (AvgIpc) is 3.23. The summed E-state index contributed by atoms with van der Waals surface area (Å²) in [5.41, 5.74) is 4.30. The Kier molecular flexibility index (Phi) is 5.75. The van der Waals surface area contributed by atoms with Crippen LogP contribution < -0.4 is 9.46 Å². The number of sulfonamides is 1. The van der Waals surface area contributed by atoms with E-state index in [0.29, 0.717) is 36.7 Å². The molecule has 34 heavy (non-hydrogen) atoms. The van der Waals surface area contributed by atoms with Gasteiger partial charge in [-0.15, -0.1) is 0 Å². The highest BCUT2D eigenvalue weighted by atomic mass is 32.2. The lowest BCUT2D eigenvalue weighted by atomic mass is 10.0. The van der Waals surface area contributed by atoms with E-state index in [2.05, 4.69) is 15.8 Å². The van der Waals surface area contributed by atoms with Gasteiger partial charge in [0.05, 0.1) is 11.5 Å². The first-order valence-electron chi connectivity index (χ1n) is 11.2. The van der Waals surface area contributed by atoms with Gasteiger partial charge in [-0.1, -0.05) is 18.2 Å². The number of benzene rings is 3.